The fourth-order valence-corrected chi connectivity index (χ4v) is 12.5. The third-order valence-corrected chi connectivity index (χ3v) is 17.4. The van der Waals surface area contributed by atoms with Crippen LogP contribution in [0.25, 0.3) is 0 Å². The van der Waals surface area contributed by atoms with Gasteiger partial charge in [-0.2, -0.15) is 0 Å². The summed E-state index contributed by atoms with van der Waals surface area (Å²) in [6.45, 7) is 22.5. The van der Waals surface area contributed by atoms with E-state index in [1.165, 1.54) is 21.1 Å². The van der Waals surface area contributed by atoms with Crippen LogP contribution in [0, 0.1) is 24.7 Å². The average Bonchev–Trinajstić information content (AvgIpc) is 3.86. The highest BCUT2D eigenvalue weighted by molar-refractivity contribution is 5.98. The number of carbonyl (C=O) groups excluding carboxylic acids is 3. The Morgan fingerprint density at radius 1 is 0.949 bits per heavy atom. The van der Waals surface area contributed by atoms with E-state index in [4.69, 9.17) is 42.6 Å². The molecule has 446 valence electrons. The minimum absolute atomic E-state index is 0.0819. The lowest BCUT2D eigenvalue weighted by Gasteiger charge is -2.51. The van der Waals surface area contributed by atoms with Gasteiger partial charge in [-0.1, -0.05) is 32.4 Å². The van der Waals surface area contributed by atoms with E-state index in [0.29, 0.717) is 42.8 Å². The van der Waals surface area contributed by atoms with E-state index in [9.17, 15) is 39.9 Å². The highest BCUT2D eigenvalue weighted by Gasteiger charge is 2.53. The molecule has 0 aromatic heterocycles. The zero-order chi connectivity index (χ0) is 58.5. The van der Waals surface area contributed by atoms with Gasteiger partial charge in [-0.3, -0.25) is 14.5 Å². The van der Waals surface area contributed by atoms with Crippen LogP contribution in [0.3, 0.4) is 0 Å². The standard InChI is InChI=1S/C58H97N3O17/c1-19-42-58(12,69)50(64)37(8)61(16)29-32(3)27-56(10,68)52(35(6)48(36(7)53(66)76-42)77-44-28-57(11,71-18)51(65)38(9)75-44)78-55-46(59(13)14)41(26-33(4)74-55)60(15)24-25-72-43(62)23-21-31(2)20-22-39-47(63)45-40(30-73-54(45)67)34(5)49(39)70-17/h20,32-33,35-38,41-42,44,46,48,50-52,55,63-65,68-69H,19,21-30H2,1-18H3/t32-,33-,35+,36-,37-,38+,41-,42-,44+,46+,48+,50-,51+,52-,55+,56-,57-,58-/m1/s1. The van der Waals surface area contributed by atoms with Crippen LogP contribution in [0.15, 0.2) is 11.6 Å². The van der Waals surface area contributed by atoms with Crippen LogP contribution in [0.2, 0.25) is 0 Å². The van der Waals surface area contributed by atoms with Gasteiger partial charge in [0.25, 0.3) is 0 Å². The van der Waals surface area contributed by atoms with Crippen LogP contribution in [0.4, 0.5) is 0 Å². The first-order chi connectivity index (χ1) is 36.3. The van der Waals surface area contributed by atoms with Gasteiger partial charge in [0, 0.05) is 62.2 Å². The number of methoxy groups -OCH3 is 2. The van der Waals surface area contributed by atoms with Crippen molar-refractivity contribution in [1.29, 1.82) is 0 Å². The van der Waals surface area contributed by atoms with Gasteiger partial charge in [0.05, 0.1) is 54.7 Å². The van der Waals surface area contributed by atoms with E-state index in [1.54, 1.807) is 41.5 Å². The third-order valence-electron chi connectivity index (χ3n) is 17.4. The molecule has 3 saturated heterocycles. The van der Waals surface area contributed by atoms with Crippen molar-refractivity contribution in [2.75, 3.05) is 62.1 Å². The number of phenolic OH excluding ortho intramolecular Hbond substituents is 1. The first-order valence-corrected chi connectivity index (χ1v) is 28.0. The van der Waals surface area contributed by atoms with Crippen molar-refractivity contribution in [3.8, 4) is 11.5 Å². The smallest absolute Gasteiger partial charge is 0.342 e. The number of benzene rings is 1. The molecule has 0 unspecified atom stereocenters. The van der Waals surface area contributed by atoms with E-state index in [0.717, 1.165) is 11.1 Å². The molecule has 1 aromatic carbocycles. The van der Waals surface area contributed by atoms with Crippen LogP contribution >= 0.6 is 0 Å². The molecule has 4 heterocycles. The minimum Gasteiger partial charge on any atom is -0.507 e. The second-order valence-electron chi connectivity index (χ2n) is 24.0. The maximum absolute atomic E-state index is 14.6. The molecule has 5 N–H and O–H groups in total. The number of aromatic hydroxyl groups is 1. The van der Waals surface area contributed by atoms with Crippen LogP contribution in [-0.2, 0) is 60.5 Å². The number of rotatable bonds is 17. The molecular weight excluding hydrogens is 1010 g/mol. The molecule has 0 spiro atoms. The molecule has 0 saturated carbocycles. The number of esters is 3. The SMILES string of the molecule is CC[C@H]1OC(=O)[C@H](C)[C@@H](O[C@H]2C[C@@](C)(OC)[C@@H](O)[C@H](C)O2)[C@H](C)[C@@H](O[C@@H]2O[C@H](C)C[C@@H](N(C)CCOC(=O)CCC(C)=CCc3c(O)c4c(c(C)c3OC)COC4=O)[C@@H]2N(C)C)[C@](C)(O)C[C@@H](C)CN(C)[C@H](C)[C@@H](O)[C@]1(C)O. The quantitative estimate of drug-likeness (QED) is 0.0779. The average molecular weight is 1110 g/mol. The molecule has 4 aliphatic heterocycles. The van der Waals surface area contributed by atoms with Crippen molar-refractivity contribution < 1.29 is 82.5 Å². The first kappa shape index (κ1) is 65.3. The predicted molar refractivity (Wildman–Crippen MR) is 291 cm³/mol. The van der Waals surface area contributed by atoms with Crippen molar-refractivity contribution >= 4 is 17.9 Å². The van der Waals surface area contributed by atoms with Gasteiger partial charge < -0.3 is 78.0 Å². The lowest BCUT2D eigenvalue weighted by molar-refractivity contribution is -0.313. The summed E-state index contributed by atoms with van der Waals surface area (Å²) in [7, 11) is 10.7. The van der Waals surface area contributed by atoms with Crippen molar-refractivity contribution in [3.63, 3.8) is 0 Å². The molecular formula is C58H97N3O17. The maximum atomic E-state index is 14.6. The molecule has 1 aromatic rings. The fraction of sp³-hybridized carbons (Fsp3) is 0.810. The van der Waals surface area contributed by atoms with Gasteiger partial charge in [0.1, 0.15) is 54.2 Å². The number of hydrogen-bond donors (Lipinski definition) is 5. The summed E-state index contributed by atoms with van der Waals surface area (Å²) in [4.78, 5) is 46.3. The molecule has 0 bridgehead atoms. The van der Waals surface area contributed by atoms with E-state index < -0.39 is 102 Å². The van der Waals surface area contributed by atoms with Gasteiger partial charge in [-0.15, -0.1) is 0 Å². The summed E-state index contributed by atoms with van der Waals surface area (Å²) in [5.41, 5.74) is -1.61. The number of aliphatic hydroxyl groups is 4. The number of ether oxygens (including phenoxy) is 9. The fourth-order valence-electron chi connectivity index (χ4n) is 12.5. The Labute approximate surface area is 463 Å². The minimum atomic E-state index is -1.84. The highest BCUT2D eigenvalue weighted by atomic mass is 16.7. The molecule has 0 aliphatic carbocycles. The van der Waals surface area contributed by atoms with Crippen LogP contribution < -0.4 is 4.74 Å². The lowest BCUT2D eigenvalue weighted by Crippen LogP contribution is -2.63. The summed E-state index contributed by atoms with van der Waals surface area (Å²) in [5, 5.41) is 58.9. The predicted octanol–water partition coefficient (Wildman–Crippen LogP) is 5.05. The molecule has 4 aliphatic rings. The van der Waals surface area contributed by atoms with Gasteiger partial charge >= 0.3 is 17.9 Å². The van der Waals surface area contributed by atoms with Crippen LogP contribution in [-0.4, -0.2) is 210 Å². The Balaban J connectivity index is 1.39. The second kappa shape index (κ2) is 27.0. The number of allylic oxidation sites excluding steroid dienone is 2. The van der Waals surface area contributed by atoms with Gasteiger partial charge in [0.2, 0.25) is 0 Å². The summed E-state index contributed by atoms with van der Waals surface area (Å²) >= 11 is 0. The number of likely N-dealkylation sites (N-methyl/N-ethyl adjacent to an activating group) is 3. The van der Waals surface area contributed by atoms with Crippen LogP contribution in [0.1, 0.15) is 142 Å². The molecule has 3 fully saturated rings. The number of phenols is 1. The number of nitrogens with zero attached hydrogens (tertiary/aromatic N) is 3. The van der Waals surface area contributed by atoms with Crippen molar-refractivity contribution in [1.82, 2.24) is 14.7 Å². The summed E-state index contributed by atoms with van der Waals surface area (Å²) in [5.74, 6) is -3.31. The Kier molecular flexibility index (Phi) is 22.6. The van der Waals surface area contributed by atoms with Gasteiger partial charge in [0.15, 0.2) is 12.6 Å². The lowest BCUT2D eigenvalue weighted by atomic mass is 9.77. The zero-order valence-electron chi connectivity index (χ0n) is 50.0. The molecule has 78 heavy (non-hydrogen) atoms. The molecule has 20 heteroatoms. The van der Waals surface area contributed by atoms with E-state index in [-0.39, 0.29) is 80.7 Å². The summed E-state index contributed by atoms with van der Waals surface area (Å²) in [6, 6.07) is -1.18. The zero-order valence-corrected chi connectivity index (χ0v) is 50.0. The Morgan fingerprint density at radius 3 is 2.23 bits per heavy atom. The van der Waals surface area contributed by atoms with Gasteiger partial charge in [-0.25, -0.2) is 4.79 Å². The number of fused-ring (bicyclic) bond motifs is 1. The maximum Gasteiger partial charge on any atom is 0.342 e. The summed E-state index contributed by atoms with van der Waals surface area (Å²) in [6.07, 6.45) is -4.61. The largest absolute Gasteiger partial charge is 0.507 e. The van der Waals surface area contributed by atoms with Crippen molar-refractivity contribution in [2.45, 2.75) is 225 Å². The van der Waals surface area contributed by atoms with Crippen molar-refractivity contribution in [3.05, 3.63) is 33.9 Å². The van der Waals surface area contributed by atoms with Crippen molar-refractivity contribution in [2.24, 2.45) is 17.8 Å². The first-order valence-electron chi connectivity index (χ1n) is 28.0. The van der Waals surface area contributed by atoms with Crippen LogP contribution in [0.5, 0.6) is 11.5 Å². The Hall–Kier alpha value is -3.51. The number of carbonyl (C=O) groups is 3. The molecule has 20 nitrogen and oxygen atoms in total. The number of aliphatic hydroxyl groups excluding tert-OH is 2. The van der Waals surface area contributed by atoms with E-state index in [2.05, 4.69) is 4.90 Å². The molecule has 5 rings (SSSR count). The normalized spacial score (nSPS) is 37.8. The number of hydrogen-bond acceptors (Lipinski definition) is 20. The molecule has 0 amide bonds. The van der Waals surface area contributed by atoms with E-state index >= 15 is 0 Å². The molecule has 0 radical (unpaired) electrons. The third kappa shape index (κ3) is 14.7. The number of cyclic esters (lactones) is 2. The molecule has 18 atom stereocenters. The monoisotopic (exact) mass is 1110 g/mol. The Bertz CT molecular complexity index is 2220. The summed E-state index contributed by atoms with van der Waals surface area (Å²) < 4.78 is 55.7. The van der Waals surface area contributed by atoms with E-state index in [1.807, 2.05) is 78.7 Å². The highest BCUT2D eigenvalue weighted by Crippen LogP contribution is 2.43. The topological polar surface area (TPSA) is 245 Å². The second-order valence-corrected chi connectivity index (χ2v) is 24.0. The Morgan fingerprint density at radius 2 is 1.62 bits per heavy atom. The van der Waals surface area contributed by atoms with Gasteiger partial charge in [-0.05, 0) is 134 Å².